The molecule has 0 unspecified atom stereocenters. The van der Waals surface area contributed by atoms with E-state index in [1.807, 2.05) is 30.3 Å². The summed E-state index contributed by atoms with van der Waals surface area (Å²) in [5, 5.41) is 9.65. The highest BCUT2D eigenvalue weighted by Gasteiger charge is 2.11. The number of benzene rings is 2. The maximum atomic E-state index is 11.9. The third-order valence-corrected chi connectivity index (χ3v) is 4.41. The summed E-state index contributed by atoms with van der Waals surface area (Å²) in [6, 6.07) is 14.0. The number of hydrogen-bond donors (Lipinski definition) is 3. The molecule has 6 heteroatoms. The molecule has 0 bridgehead atoms. The van der Waals surface area contributed by atoms with Crippen molar-refractivity contribution >= 4 is 15.7 Å². The van der Waals surface area contributed by atoms with Gasteiger partial charge < -0.3 is 10.8 Å². The molecule has 5 nitrogen and oxygen atoms in total. The number of rotatable bonds is 6. The van der Waals surface area contributed by atoms with Crippen molar-refractivity contribution < 1.29 is 13.5 Å². The minimum atomic E-state index is -3.41. The Morgan fingerprint density at radius 3 is 2.52 bits per heavy atom. The summed E-state index contributed by atoms with van der Waals surface area (Å²) in [5.41, 5.74) is 7.52. The number of anilines is 1. The Morgan fingerprint density at radius 2 is 1.81 bits per heavy atom. The lowest BCUT2D eigenvalue weighted by Gasteiger charge is -2.09. The Kier molecular flexibility index (Phi) is 4.82. The molecule has 0 aliphatic heterocycles. The van der Waals surface area contributed by atoms with Crippen molar-refractivity contribution in [3.63, 3.8) is 0 Å². The van der Waals surface area contributed by atoms with Crippen LogP contribution in [0.1, 0.15) is 11.1 Å². The maximum absolute atomic E-state index is 11.9. The standard InChI is InChI=1S/C15H18N2O3S/c16-14-6-7-15(18)13(10-14)11-17-21(19,20)9-8-12-4-2-1-3-5-12/h1-7,10,17-18H,8-9,11,16H2. The van der Waals surface area contributed by atoms with Crippen molar-refractivity contribution in [1.82, 2.24) is 4.72 Å². The molecular weight excluding hydrogens is 288 g/mol. The van der Waals surface area contributed by atoms with Gasteiger partial charge in [-0.2, -0.15) is 0 Å². The molecule has 0 spiro atoms. The van der Waals surface area contributed by atoms with Crippen LogP contribution in [0.5, 0.6) is 5.75 Å². The van der Waals surface area contributed by atoms with Crippen molar-refractivity contribution in [2.45, 2.75) is 13.0 Å². The minimum Gasteiger partial charge on any atom is -0.508 e. The summed E-state index contributed by atoms with van der Waals surface area (Å²) in [4.78, 5) is 0. The lowest BCUT2D eigenvalue weighted by atomic mass is 10.2. The number of sulfonamides is 1. The molecule has 2 rings (SSSR count). The van der Waals surface area contributed by atoms with Gasteiger partial charge in [-0.25, -0.2) is 13.1 Å². The number of phenols is 1. The summed E-state index contributed by atoms with van der Waals surface area (Å²) in [7, 11) is -3.41. The second-order valence-corrected chi connectivity index (χ2v) is 6.69. The zero-order valence-electron chi connectivity index (χ0n) is 11.5. The fourth-order valence-electron chi connectivity index (χ4n) is 1.90. The molecule has 0 aromatic heterocycles. The molecule has 0 aliphatic carbocycles. The summed E-state index contributed by atoms with van der Waals surface area (Å²) in [6.07, 6.45) is 0.444. The molecule has 0 fully saturated rings. The van der Waals surface area contributed by atoms with Gasteiger partial charge in [0.15, 0.2) is 0 Å². The first kappa shape index (κ1) is 15.3. The molecule has 2 aromatic carbocycles. The maximum Gasteiger partial charge on any atom is 0.212 e. The second-order valence-electron chi connectivity index (χ2n) is 4.76. The highest BCUT2D eigenvalue weighted by molar-refractivity contribution is 7.89. The van der Waals surface area contributed by atoms with Gasteiger partial charge >= 0.3 is 0 Å². The molecule has 0 amide bonds. The summed E-state index contributed by atoms with van der Waals surface area (Å²) < 4.78 is 26.4. The van der Waals surface area contributed by atoms with Crippen LogP contribution in [0.3, 0.4) is 0 Å². The van der Waals surface area contributed by atoms with Crippen molar-refractivity contribution in [3.05, 3.63) is 59.7 Å². The second kappa shape index (κ2) is 6.60. The monoisotopic (exact) mass is 306 g/mol. The zero-order chi connectivity index (χ0) is 15.3. The van der Waals surface area contributed by atoms with E-state index < -0.39 is 10.0 Å². The Bertz CT molecular complexity index is 700. The molecule has 4 N–H and O–H groups in total. The van der Waals surface area contributed by atoms with Crippen molar-refractivity contribution in [2.24, 2.45) is 0 Å². The highest BCUT2D eigenvalue weighted by Crippen LogP contribution is 2.19. The summed E-state index contributed by atoms with van der Waals surface area (Å²) in [6.45, 7) is 0.0218. The van der Waals surface area contributed by atoms with Gasteiger partial charge in [0.25, 0.3) is 0 Å². The molecular formula is C15H18N2O3S. The number of phenolic OH excluding ortho intramolecular Hbond substituents is 1. The number of aromatic hydroxyl groups is 1. The fourth-order valence-corrected chi connectivity index (χ4v) is 2.93. The van der Waals surface area contributed by atoms with Crippen LogP contribution in [0.15, 0.2) is 48.5 Å². The third kappa shape index (κ3) is 4.77. The molecule has 21 heavy (non-hydrogen) atoms. The van der Waals surface area contributed by atoms with Gasteiger partial charge in [-0.05, 0) is 30.2 Å². The predicted octanol–water partition coefficient (Wildman–Crippen LogP) is 1.64. The fraction of sp³-hybridized carbons (Fsp3) is 0.200. The van der Waals surface area contributed by atoms with Gasteiger partial charge in [0, 0.05) is 17.8 Å². The predicted molar refractivity (Wildman–Crippen MR) is 83.3 cm³/mol. The number of nitrogens with one attached hydrogen (secondary N) is 1. The average molecular weight is 306 g/mol. The van der Waals surface area contributed by atoms with E-state index in [-0.39, 0.29) is 18.0 Å². The molecule has 2 aromatic rings. The molecule has 112 valence electrons. The number of aryl methyl sites for hydroxylation is 1. The number of hydrogen-bond acceptors (Lipinski definition) is 4. The SMILES string of the molecule is Nc1ccc(O)c(CNS(=O)(=O)CCc2ccccc2)c1. The first-order chi connectivity index (χ1) is 9.96. The topological polar surface area (TPSA) is 92.4 Å². The van der Waals surface area contributed by atoms with Crippen LogP contribution in [0.4, 0.5) is 5.69 Å². The average Bonchev–Trinajstić information content (AvgIpc) is 2.47. The molecule has 0 atom stereocenters. The quantitative estimate of drug-likeness (QED) is 0.559. The first-order valence-corrected chi connectivity index (χ1v) is 8.20. The van der Waals surface area contributed by atoms with Gasteiger partial charge in [-0.3, -0.25) is 0 Å². The summed E-state index contributed by atoms with van der Waals surface area (Å²) in [5.74, 6) is 0.0232. The van der Waals surface area contributed by atoms with E-state index in [9.17, 15) is 13.5 Å². The van der Waals surface area contributed by atoms with Crippen LogP contribution in [0, 0.1) is 0 Å². The molecule has 0 heterocycles. The molecule has 0 radical (unpaired) electrons. The van der Waals surface area contributed by atoms with Crippen molar-refractivity contribution in [3.8, 4) is 5.75 Å². The van der Waals surface area contributed by atoms with E-state index in [0.717, 1.165) is 5.56 Å². The van der Waals surface area contributed by atoms with Gasteiger partial charge in [0.2, 0.25) is 10.0 Å². The van der Waals surface area contributed by atoms with E-state index in [0.29, 0.717) is 17.7 Å². The van der Waals surface area contributed by atoms with E-state index in [1.54, 1.807) is 12.1 Å². The Labute approximate surface area is 124 Å². The van der Waals surface area contributed by atoms with Crippen LogP contribution >= 0.6 is 0 Å². The van der Waals surface area contributed by atoms with Crippen LogP contribution < -0.4 is 10.5 Å². The van der Waals surface area contributed by atoms with E-state index >= 15 is 0 Å². The smallest absolute Gasteiger partial charge is 0.212 e. The largest absolute Gasteiger partial charge is 0.508 e. The van der Waals surface area contributed by atoms with Crippen LogP contribution in [-0.2, 0) is 23.0 Å². The molecule has 0 saturated carbocycles. The van der Waals surface area contributed by atoms with Gasteiger partial charge in [0.05, 0.1) is 5.75 Å². The van der Waals surface area contributed by atoms with Gasteiger partial charge in [-0.15, -0.1) is 0 Å². The Balaban J connectivity index is 1.93. The van der Waals surface area contributed by atoms with E-state index in [4.69, 9.17) is 5.73 Å². The first-order valence-electron chi connectivity index (χ1n) is 6.55. The Hall–Kier alpha value is -2.05. The normalized spacial score (nSPS) is 11.4. The lowest BCUT2D eigenvalue weighted by molar-refractivity contribution is 0.467. The number of nitrogen functional groups attached to an aromatic ring is 1. The third-order valence-electron chi connectivity index (χ3n) is 3.09. The molecule has 0 aliphatic rings. The van der Waals surface area contributed by atoms with E-state index in [1.165, 1.54) is 6.07 Å². The van der Waals surface area contributed by atoms with Crippen LogP contribution in [0.2, 0.25) is 0 Å². The van der Waals surface area contributed by atoms with Crippen LogP contribution in [-0.4, -0.2) is 19.3 Å². The number of nitrogens with two attached hydrogens (primary N) is 1. The van der Waals surface area contributed by atoms with E-state index in [2.05, 4.69) is 4.72 Å². The van der Waals surface area contributed by atoms with Gasteiger partial charge in [0.1, 0.15) is 5.75 Å². The van der Waals surface area contributed by atoms with Crippen molar-refractivity contribution in [1.29, 1.82) is 0 Å². The Morgan fingerprint density at radius 1 is 1.10 bits per heavy atom. The molecule has 0 saturated heterocycles. The van der Waals surface area contributed by atoms with Crippen LogP contribution in [0.25, 0.3) is 0 Å². The summed E-state index contributed by atoms with van der Waals surface area (Å²) >= 11 is 0. The zero-order valence-corrected chi connectivity index (χ0v) is 12.3. The minimum absolute atomic E-state index is 0.0000902. The van der Waals surface area contributed by atoms with Crippen molar-refractivity contribution in [2.75, 3.05) is 11.5 Å². The lowest BCUT2D eigenvalue weighted by Crippen LogP contribution is -2.27. The van der Waals surface area contributed by atoms with Gasteiger partial charge in [-0.1, -0.05) is 30.3 Å². The highest BCUT2D eigenvalue weighted by atomic mass is 32.2.